The van der Waals surface area contributed by atoms with E-state index in [0.717, 1.165) is 23.5 Å². The van der Waals surface area contributed by atoms with E-state index in [9.17, 15) is 0 Å². The number of nitrogens with two attached hydrogens (primary N) is 2. The highest BCUT2D eigenvalue weighted by molar-refractivity contribution is 5.46. The first kappa shape index (κ1) is 15.9. The second-order valence-electron chi connectivity index (χ2n) is 5.94. The maximum Gasteiger partial charge on any atom is 0.118 e. The Morgan fingerprint density at radius 2 is 1.17 bits per heavy atom. The Morgan fingerprint density at radius 1 is 0.708 bits per heavy atom. The van der Waals surface area contributed by atoms with Crippen molar-refractivity contribution in [2.45, 2.75) is 12.3 Å². The monoisotopic (exact) mass is 318 g/mol. The molecule has 0 aliphatic rings. The lowest BCUT2D eigenvalue weighted by Gasteiger charge is -2.19. The van der Waals surface area contributed by atoms with Gasteiger partial charge in [-0.1, -0.05) is 36.4 Å². The lowest BCUT2D eigenvalue weighted by molar-refractivity contribution is 0.414. The first-order valence-corrected chi connectivity index (χ1v) is 7.99. The number of ether oxygens (including phenoxy) is 1. The molecule has 0 unspecified atom stereocenters. The maximum absolute atomic E-state index is 5.84. The second-order valence-corrected chi connectivity index (χ2v) is 5.94. The van der Waals surface area contributed by atoms with Gasteiger partial charge in [-0.05, 0) is 59.5 Å². The molecule has 0 saturated carbocycles. The third-order valence-corrected chi connectivity index (χ3v) is 4.28. The topological polar surface area (TPSA) is 61.3 Å². The van der Waals surface area contributed by atoms with Crippen LogP contribution >= 0.6 is 0 Å². The highest BCUT2D eigenvalue weighted by Gasteiger charge is 2.15. The molecule has 0 fully saturated rings. The Morgan fingerprint density at radius 3 is 1.58 bits per heavy atom. The van der Waals surface area contributed by atoms with Crippen LogP contribution < -0.4 is 16.2 Å². The first-order chi connectivity index (χ1) is 11.7. The van der Waals surface area contributed by atoms with Gasteiger partial charge in [-0.25, -0.2) is 0 Å². The van der Waals surface area contributed by atoms with E-state index in [2.05, 4.69) is 36.4 Å². The molecular formula is C21H22N2O. The molecular weight excluding hydrogens is 296 g/mol. The van der Waals surface area contributed by atoms with Gasteiger partial charge in [0.1, 0.15) is 5.75 Å². The number of hydrogen-bond donors (Lipinski definition) is 2. The van der Waals surface area contributed by atoms with Crippen molar-refractivity contribution < 1.29 is 4.74 Å². The molecule has 4 N–H and O–H groups in total. The minimum atomic E-state index is 0.250. The van der Waals surface area contributed by atoms with Crippen LogP contribution in [0.25, 0.3) is 0 Å². The number of nitrogen functional groups attached to an aromatic ring is 2. The van der Waals surface area contributed by atoms with Crippen LogP contribution in [0.4, 0.5) is 11.4 Å². The minimum absolute atomic E-state index is 0.250. The Hall–Kier alpha value is -2.94. The van der Waals surface area contributed by atoms with Crippen molar-refractivity contribution >= 4 is 11.4 Å². The third-order valence-electron chi connectivity index (χ3n) is 4.28. The fraction of sp³-hybridized carbons (Fsp3) is 0.143. The van der Waals surface area contributed by atoms with Crippen LogP contribution in [-0.4, -0.2) is 7.11 Å². The zero-order valence-corrected chi connectivity index (χ0v) is 13.8. The summed E-state index contributed by atoms with van der Waals surface area (Å²) in [5.74, 6) is 1.12. The molecule has 3 nitrogen and oxygen atoms in total. The van der Waals surface area contributed by atoms with Gasteiger partial charge in [0.2, 0.25) is 0 Å². The summed E-state index contributed by atoms with van der Waals surface area (Å²) < 4.78 is 5.24. The van der Waals surface area contributed by atoms with E-state index in [1.807, 2.05) is 36.4 Å². The SMILES string of the molecule is COc1ccc(CC(c2ccc(N)cc2)c2ccc(N)cc2)cc1. The second kappa shape index (κ2) is 7.09. The van der Waals surface area contributed by atoms with Crippen molar-refractivity contribution in [2.75, 3.05) is 18.6 Å². The summed E-state index contributed by atoms with van der Waals surface area (Å²) in [5, 5.41) is 0. The quantitative estimate of drug-likeness (QED) is 0.692. The summed E-state index contributed by atoms with van der Waals surface area (Å²) >= 11 is 0. The van der Waals surface area contributed by atoms with Crippen molar-refractivity contribution in [3.05, 3.63) is 89.5 Å². The van der Waals surface area contributed by atoms with Crippen LogP contribution in [0.2, 0.25) is 0 Å². The highest BCUT2D eigenvalue weighted by Crippen LogP contribution is 2.30. The van der Waals surface area contributed by atoms with Crippen molar-refractivity contribution in [1.29, 1.82) is 0 Å². The van der Waals surface area contributed by atoms with Crippen LogP contribution in [-0.2, 0) is 6.42 Å². The summed E-state index contributed by atoms with van der Waals surface area (Å²) in [7, 11) is 1.68. The molecule has 0 amide bonds. The van der Waals surface area contributed by atoms with Gasteiger partial charge >= 0.3 is 0 Å². The van der Waals surface area contributed by atoms with Crippen molar-refractivity contribution in [3.8, 4) is 5.75 Å². The smallest absolute Gasteiger partial charge is 0.118 e. The van der Waals surface area contributed by atoms with Crippen LogP contribution in [0, 0.1) is 0 Å². The van der Waals surface area contributed by atoms with Gasteiger partial charge in [-0.15, -0.1) is 0 Å². The standard InChI is InChI=1S/C21H22N2O/c1-24-20-12-2-15(3-13-20)14-21(16-4-8-18(22)9-5-16)17-6-10-19(23)11-7-17/h2-13,21H,14,22-23H2,1H3. The Balaban J connectivity index is 1.94. The van der Waals surface area contributed by atoms with E-state index in [4.69, 9.17) is 16.2 Å². The Bertz CT molecular complexity index is 732. The molecule has 0 aromatic heterocycles. The van der Waals surface area contributed by atoms with Gasteiger partial charge in [0.25, 0.3) is 0 Å². The fourth-order valence-electron chi connectivity index (χ4n) is 2.88. The molecule has 0 heterocycles. The molecule has 3 heteroatoms. The summed E-state index contributed by atoms with van der Waals surface area (Å²) in [6.45, 7) is 0. The summed E-state index contributed by atoms with van der Waals surface area (Å²) in [6, 6.07) is 24.4. The van der Waals surface area contributed by atoms with Gasteiger partial charge < -0.3 is 16.2 Å². The zero-order chi connectivity index (χ0) is 16.9. The Labute approximate surface area is 142 Å². The molecule has 3 aromatic rings. The van der Waals surface area contributed by atoms with Gasteiger partial charge in [0, 0.05) is 17.3 Å². The van der Waals surface area contributed by atoms with Crippen molar-refractivity contribution in [1.82, 2.24) is 0 Å². The third kappa shape index (κ3) is 3.69. The lowest BCUT2D eigenvalue weighted by atomic mass is 9.86. The normalized spacial score (nSPS) is 10.8. The van der Waals surface area contributed by atoms with Gasteiger partial charge in [-0.3, -0.25) is 0 Å². The van der Waals surface area contributed by atoms with Crippen LogP contribution in [0.1, 0.15) is 22.6 Å². The number of benzene rings is 3. The van der Waals surface area contributed by atoms with E-state index in [1.165, 1.54) is 16.7 Å². The predicted octanol–water partition coefficient (Wildman–Crippen LogP) is 4.23. The molecule has 0 radical (unpaired) electrons. The first-order valence-electron chi connectivity index (χ1n) is 7.99. The zero-order valence-electron chi connectivity index (χ0n) is 13.8. The molecule has 3 aromatic carbocycles. The average Bonchev–Trinajstić information content (AvgIpc) is 2.62. The Kier molecular flexibility index (Phi) is 4.71. The van der Waals surface area contributed by atoms with Crippen LogP contribution in [0.15, 0.2) is 72.8 Å². The van der Waals surface area contributed by atoms with E-state index in [1.54, 1.807) is 7.11 Å². The van der Waals surface area contributed by atoms with Crippen LogP contribution in [0.3, 0.4) is 0 Å². The van der Waals surface area contributed by atoms with Crippen molar-refractivity contribution in [2.24, 2.45) is 0 Å². The predicted molar refractivity (Wildman–Crippen MR) is 100 cm³/mol. The minimum Gasteiger partial charge on any atom is -0.497 e. The van der Waals surface area contributed by atoms with Gasteiger partial charge in [-0.2, -0.15) is 0 Å². The molecule has 24 heavy (non-hydrogen) atoms. The van der Waals surface area contributed by atoms with Crippen molar-refractivity contribution in [3.63, 3.8) is 0 Å². The number of anilines is 2. The van der Waals surface area contributed by atoms with Gasteiger partial charge in [0.05, 0.1) is 7.11 Å². The fourth-order valence-corrected chi connectivity index (χ4v) is 2.88. The largest absolute Gasteiger partial charge is 0.497 e. The maximum atomic E-state index is 5.84. The molecule has 3 rings (SSSR count). The highest BCUT2D eigenvalue weighted by atomic mass is 16.5. The molecule has 0 aliphatic carbocycles. The van der Waals surface area contributed by atoms with E-state index in [0.29, 0.717) is 0 Å². The number of rotatable bonds is 5. The van der Waals surface area contributed by atoms with E-state index >= 15 is 0 Å². The molecule has 0 spiro atoms. The molecule has 0 bridgehead atoms. The number of methoxy groups -OCH3 is 1. The van der Waals surface area contributed by atoms with Gasteiger partial charge in [0.15, 0.2) is 0 Å². The summed E-state index contributed by atoms with van der Waals surface area (Å²) in [6.07, 6.45) is 0.901. The molecule has 122 valence electrons. The van der Waals surface area contributed by atoms with E-state index in [-0.39, 0.29) is 5.92 Å². The molecule has 0 aliphatic heterocycles. The lowest BCUT2D eigenvalue weighted by Crippen LogP contribution is -2.06. The molecule has 0 atom stereocenters. The average molecular weight is 318 g/mol. The number of hydrogen-bond acceptors (Lipinski definition) is 3. The van der Waals surface area contributed by atoms with Crippen LogP contribution in [0.5, 0.6) is 5.75 Å². The molecule has 0 saturated heterocycles. The van der Waals surface area contributed by atoms with E-state index < -0.39 is 0 Å². The summed E-state index contributed by atoms with van der Waals surface area (Å²) in [4.78, 5) is 0. The summed E-state index contributed by atoms with van der Waals surface area (Å²) in [5.41, 5.74) is 17.0.